The summed E-state index contributed by atoms with van der Waals surface area (Å²) >= 11 is 0. The van der Waals surface area contributed by atoms with Crippen molar-refractivity contribution in [1.29, 1.82) is 0 Å². The Balaban J connectivity index is 1.88. The zero-order valence-corrected chi connectivity index (χ0v) is 12.8. The van der Waals surface area contributed by atoms with Crippen LogP contribution in [-0.4, -0.2) is 26.7 Å². The number of ether oxygens (including phenoxy) is 1. The van der Waals surface area contributed by atoms with Crippen LogP contribution in [0.3, 0.4) is 0 Å². The summed E-state index contributed by atoms with van der Waals surface area (Å²) in [5.41, 5.74) is 1.66. The molecule has 1 aromatic carbocycles. The molecule has 1 aromatic rings. The number of para-hydroxylation sites is 1. The van der Waals surface area contributed by atoms with Crippen LogP contribution in [0.25, 0.3) is 0 Å². The third kappa shape index (κ3) is 2.13. The fourth-order valence-corrected chi connectivity index (χ4v) is 4.93. The highest BCUT2D eigenvalue weighted by Gasteiger charge is 2.52. The molecule has 3 rings (SSSR count). The Morgan fingerprint density at radius 1 is 1.37 bits per heavy atom. The smallest absolute Gasteiger partial charge is 0.237 e. The summed E-state index contributed by atoms with van der Waals surface area (Å²) in [5.74, 6) is 0.117. The Kier molecular flexibility index (Phi) is 2.83. The minimum absolute atomic E-state index is 0.117. The van der Waals surface area contributed by atoms with Gasteiger partial charge in [0.05, 0.1) is 12.7 Å². The van der Waals surface area contributed by atoms with Gasteiger partial charge in [0.15, 0.2) is 0 Å². The maximum atomic E-state index is 12.4. The molecule has 1 fully saturated rings. The van der Waals surface area contributed by atoms with Gasteiger partial charge in [-0.05, 0) is 24.1 Å². The quantitative estimate of drug-likeness (QED) is 0.843. The molecule has 3 nitrogen and oxygen atoms in total. The molecule has 0 radical (unpaired) electrons. The van der Waals surface area contributed by atoms with Gasteiger partial charge < -0.3 is 10.1 Å². The van der Waals surface area contributed by atoms with Crippen LogP contribution in [0.4, 0.5) is 5.69 Å². The molecule has 2 aliphatic rings. The molecule has 102 valence electrons. The molecule has 2 unspecified atom stereocenters. The van der Waals surface area contributed by atoms with Crippen molar-refractivity contribution in [2.24, 2.45) is 0 Å². The fraction of sp³-hybridized carbons (Fsp3) is 0.533. The van der Waals surface area contributed by atoms with Crippen molar-refractivity contribution in [1.82, 2.24) is 0 Å². The first kappa shape index (κ1) is 12.9. The van der Waals surface area contributed by atoms with Crippen molar-refractivity contribution >= 4 is 19.7 Å². The van der Waals surface area contributed by atoms with Crippen molar-refractivity contribution in [2.75, 3.05) is 11.9 Å². The first-order valence-electron chi connectivity index (χ1n) is 6.93. The molecule has 0 aliphatic carbocycles. The molecule has 2 atom stereocenters. The summed E-state index contributed by atoms with van der Waals surface area (Å²) in [6, 6.07) is 9.14. The molecular weight excluding hydrogens is 254 g/mol. The zero-order valence-electron chi connectivity index (χ0n) is 11.8. The lowest BCUT2D eigenvalue weighted by Gasteiger charge is -2.22. The van der Waals surface area contributed by atoms with Crippen molar-refractivity contribution < 1.29 is 9.53 Å². The summed E-state index contributed by atoms with van der Waals surface area (Å²) < 4.78 is 5.97. The van der Waals surface area contributed by atoms with Crippen LogP contribution in [0.1, 0.15) is 12.0 Å². The van der Waals surface area contributed by atoms with E-state index in [4.69, 9.17) is 4.74 Å². The summed E-state index contributed by atoms with van der Waals surface area (Å²) in [7, 11) is -1.16. The average Bonchev–Trinajstić information content (AvgIpc) is 2.83. The number of anilines is 1. The first-order chi connectivity index (χ1) is 8.91. The summed E-state index contributed by atoms with van der Waals surface area (Å²) in [4.78, 5) is 12.4. The van der Waals surface area contributed by atoms with Crippen molar-refractivity contribution in [3.05, 3.63) is 29.8 Å². The molecule has 1 amide bonds. The van der Waals surface area contributed by atoms with E-state index >= 15 is 0 Å². The summed E-state index contributed by atoms with van der Waals surface area (Å²) in [6.45, 7) is 7.59. The molecule has 0 aromatic heterocycles. The fourth-order valence-electron chi connectivity index (χ4n) is 3.30. The number of nitrogens with one attached hydrogen (secondary N) is 1. The normalized spacial score (nSPS) is 29.6. The number of amides is 1. The monoisotopic (exact) mass is 275 g/mol. The molecule has 0 bridgehead atoms. The standard InChI is InChI=1S/C15H21NO2Si/c1-19(2,3)9-11-8-15(10-18-11)12-6-4-5-7-13(12)16-14(15)17/h4-7,11H,8-10H2,1-3H3,(H,16,17). The number of hydrogen-bond acceptors (Lipinski definition) is 2. The summed E-state index contributed by atoms with van der Waals surface area (Å²) in [6.07, 6.45) is 1.07. The second-order valence-corrected chi connectivity index (χ2v) is 12.5. The molecule has 19 heavy (non-hydrogen) atoms. The maximum absolute atomic E-state index is 12.4. The Morgan fingerprint density at radius 3 is 2.84 bits per heavy atom. The van der Waals surface area contributed by atoms with E-state index in [-0.39, 0.29) is 12.0 Å². The largest absolute Gasteiger partial charge is 0.377 e. The van der Waals surface area contributed by atoms with Crippen LogP contribution >= 0.6 is 0 Å². The topological polar surface area (TPSA) is 38.3 Å². The Bertz CT molecular complexity index is 523. The number of carbonyl (C=O) groups is 1. The number of hydrogen-bond donors (Lipinski definition) is 1. The highest BCUT2D eigenvalue weighted by Crippen LogP contribution is 2.46. The minimum atomic E-state index is -1.16. The van der Waals surface area contributed by atoms with E-state index in [0.717, 1.165) is 23.7 Å². The van der Waals surface area contributed by atoms with Gasteiger partial charge in [0.25, 0.3) is 0 Å². The number of carbonyl (C=O) groups excluding carboxylic acids is 1. The van der Waals surface area contributed by atoms with Gasteiger partial charge in [-0.15, -0.1) is 0 Å². The van der Waals surface area contributed by atoms with Gasteiger partial charge in [-0.2, -0.15) is 0 Å². The van der Waals surface area contributed by atoms with Crippen LogP contribution < -0.4 is 5.32 Å². The Morgan fingerprint density at radius 2 is 2.11 bits per heavy atom. The van der Waals surface area contributed by atoms with Gasteiger partial charge in [0, 0.05) is 13.8 Å². The molecule has 2 aliphatic heterocycles. The van der Waals surface area contributed by atoms with E-state index in [1.807, 2.05) is 18.2 Å². The molecular formula is C15H21NO2Si. The molecule has 1 saturated heterocycles. The van der Waals surface area contributed by atoms with E-state index in [2.05, 4.69) is 31.0 Å². The third-order valence-corrected chi connectivity index (χ3v) is 5.79. The highest BCUT2D eigenvalue weighted by atomic mass is 28.3. The predicted octanol–water partition coefficient (Wildman–Crippen LogP) is 3.00. The van der Waals surface area contributed by atoms with Gasteiger partial charge >= 0.3 is 0 Å². The van der Waals surface area contributed by atoms with E-state index in [1.54, 1.807) is 0 Å². The van der Waals surface area contributed by atoms with E-state index in [9.17, 15) is 4.79 Å². The molecule has 1 N–H and O–H groups in total. The number of rotatable bonds is 2. The van der Waals surface area contributed by atoms with Gasteiger partial charge in [-0.1, -0.05) is 37.8 Å². The minimum Gasteiger partial charge on any atom is -0.377 e. The van der Waals surface area contributed by atoms with E-state index in [0.29, 0.717) is 6.61 Å². The molecule has 2 heterocycles. The van der Waals surface area contributed by atoms with Crippen molar-refractivity contribution in [3.8, 4) is 0 Å². The van der Waals surface area contributed by atoms with Gasteiger partial charge in [-0.25, -0.2) is 0 Å². The molecule has 1 spiro atoms. The number of fused-ring (bicyclic) bond motifs is 2. The average molecular weight is 275 g/mol. The maximum Gasteiger partial charge on any atom is 0.237 e. The van der Waals surface area contributed by atoms with Crippen LogP contribution in [-0.2, 0) is 14.9 Å². The SMILES string of the molecule is C[Si](C)(C)CC1CC2(CO1)C(=O)Nc1ccccc12. The molecule has 4 heteroatoms. The number of benzene rings is 1. The van der Waals surface area contributed by atoms with Gasteiger partial charge in [0.1, 0.15) is 5.41 Å². The second kappa shape index (κ2) is 4.18. The summed E-state index contributed by atoms with van der Waals surface area (Å²) in [5, 5.41) is 3.01. The van der Waals surface area contributed by atoms with Gasteiger partial charge in [0.2, 0.25) is 5.91 Å². The highest BCUT2D eigenvalue weighted by molar-refractivity contribution is 6.76. The first-order valence-corrected chi connectivity index (χ1v) is 10.6. The second-order valence-electron chi connectivity index (χ2n) is 6.98. The van der Waals surface area contributed by atoms with Crippen LogP contribution in [0.2, 0.25) is 25.7 Å². The lowest BCUT2D eigenvalue weighted by atomic mass is 9.80. The lowest BCUT2D eigenvalue weighted by Crippen LogP contribution is -2.35. The van der Waals surface area contributed by atoms with Crippen LogP contribution in [0.5, 0.6) is 0 Å². The Hall–Kier alpha value is -1.13. The van der Waals surface area contributed by atoms with Crippen molar-refractivity contribution in [3.63, 3.8) is 0 Å². The zero-order chi connectivity index (χ0) is 13.7. The van der Waals surface area contributed by atoms with Crippen molar-refractivity contribution in [2.45, 2.75) is 43.6 Å². The van der Waals surface area contributed by atoms with Crippen LogP contribution in [0, 0.1) is 0 Å². The van der Waals surface area contributed by atoms with Crippen LogP contribution in [0.15, 0.2) is 24.3 Å². The predicted molar refractivity (Wildman–Crippen MR) is 79.3 cm³/mol. The Labute approximate surface area is 115 Å². The van der Waals surface area contributed by atoms with Gasteiger partial charge in [-0.3, -0.25) is 4.79 Å². The van der Waals surface area contributed by atoms with E-state index < -0.39 is 13.5 Å². The lowest BCUT2D eigenvalue weighted by molar-refractivity contribution is -0.120. The third-order valence-electron chi connectivity index (χ3n) is 4.11. The van der Waals surface area contributed by atoms with E-state index in [1.165, 1.54) is 0 Å². The molecule has 0 saturated carbocycles.